The van der Waals surface area contributed by atoms with Gasteiger partial charge in [0.2, 0.25) is 0 Å². The molecule has 0 saturated heterocycles. The van der Waals surface area contributed by atoms with E-state index in [9.17, 15) is 4.39 Å². The number of aromatic nitrogens is 3. The van der Waals surface area contributed by atoms with E-state index in [0.717, 1.165) is 0 Å². The van der Waals surface area contributed by atoms with E-state index < -0.39 is 5.82 Å². The predicted octanol–water partition coefficient (Wildman–Crippen LogP) is 3.66. The molecule has 0 fully saturated rings. The summed E-state index contributed by atoms with van der Waals surface area (Å²) < 4.78 is 14.8. The average Bonchev–Trinajstić information content (AvgIpc) is 2.86. The number of fused-ring (bicyclic) bond motifs is 1. The summed E-state index contributed by atoms with van der Waals surface area (Å²) in [6.07, 6.45) is 1.41. The summed E-state index contributed by atoms with van der Waals surface area (Å²) in [6, 6.07) is 7.83. The molecule has 0 bridgehead atoms. The molecule has 3 aromatic rings. The summed E-state index contributed by atoms with van der Waals surface area (Å²) >= 11 is 11.8. The zero-order valence-corrected chi connectivity index (χ0v) is 12.5. The van der Waals surface area contributed by atoms with Gasteiger partial charge in [0.05, 0.1) is 6.20 Å². The first kappa shape index (κ1) is 14.6. The lowest BCUT2D eigenvalue weighted by Crippen LogP contribution is -2.06. The molecule has 0 amide bonds. The van der Waals surface area contributed by atoms with Crippen LogP contribution in [0.25, 0.3) is 5.65 Å². The highest BCUT2D eigenvalue weighted by Crippen LogP contribution is 2.20. The number of nitrogens with zero attached hydrogens (tertiary/aromatic N) is 4. The van der Waals surface area contributed by atoms with E-state index in [1.165, 1.54) is 22.8 Å². The van der Waals surface area contributed by atoms with Crippen LogP contribution in [-0.2, 0) is 6.54 Å². The fourth-order valence-corrected chi connectivity index (χ4v) is 2.47. The molecule has 0 saturated carbocycles. The molecule has 22 heavy (non-hydrogen) atoms. The van der Waals surface area contributed by atoms with Gasteiger partial charge in [0.15, 0.2) is 5.65 Å². The van der Waals surface area contributed by atoms with Gasteiger partial charge in [0, 0.05) is 17.6 Å². The van der Waals surface area contributed by atoms with E-state index in [0.29, 0.717) is 34.2 Å². The fraction of sp³-hybridized carbons (Fsp3) is 0.0714. The molecule has 0 aliphatic carbocycles. The molecule has 0 spiro atoms. The van der Waals surface area contributed by atoms with Gasteiger partial charge in [0.25, 0.3) is 0 Å². The summed E-state index contributed by atoms with van der Waals surface area (Å²) in [4.78, 5) is 4.07. The number of rotatable bonds is 3. The Hall–Kier alpha value is -2.36. The number of benzene rings is 1. The maximum absolute atomic E-state index is 13.3. The van der Waals surface area contributed by atoms with E-state index in [1.807, 2.05) is 6.07 Å². The molecule has 8 heteroatoms. The summed E-state index contributed by atoms with van der Waals surface area (Å²) in [5, 5.41) is 16.7. The third-order valence-electron chi connectivity index (χ3n) is 2.96. The number of anilines is 1. The van der Waals surface area contributed by atoms with Crippen LogP contribution in [0.2, 0.25) is 10.2 Å². The smallest absolute Gasteiger partial charge is 0.176 e. The monoisotopic (exact) mass is 335 g/mol. The second-order valence-corrected chi connectivity index (χ2v) is 5.32. The first-order chi connectivity index (χ1) is 10.6. The van der Waals surface area contributed by atoms with Crippen molar-refractivity contribution < 1.29 is 4.39 Å². The van der Waals surface area contributed by atoms with Crippen LogP contribution in [0.4, 0.5) is 10.2 Å². The molecule has 3 rings (SSSR count). The first-order valence-electron chi connectivity index (χ1n) is 6.20. The Bertz CT molecular complexity index is 880. The number of hydrogen-bond donors (Lipinski definition) is 1. The van der Waals surface area contributed by atoms with Crippen molar-refractivity contribution in [3.8, 4) is 6.07 Å². The molecular weight excluding hydrogens is 328 g/mol. The van der Waals surface area contributed by atoms with Gasteiger partial charge in [-0.15, -0.1) is 0 Å². The maximum Gasteiger partial charge on any atom is 0.176 e. The zero-order valence-electron chi connectivity index (χ0n) is 11.0. The van der Waals surface area contributed by atoms with Gasteiger partial charge in [-0.1, -0.05) is 23.2 Å². The Morgan fingerprint density at radius 1 is 1.27 bits per heavy atom. The largest absolute Gasteiger partial charge is 0.366 e. The highest BCUT2D eigenvalue weighted by molar-refractivity contribution is 6.30. The van der Waals surface area contributed by atoms with Crippen molar-refractivity contribution in [2.75, 3.05) is 5.32 Å². The Morgan fingerprint density at radius 2 is 2.09 bits per heavy atom. The van der Waals surface area contributed by atoms with Crippen LogP contribution in [-0.4, -0.2) is 14.6 Å². The van der Waals surface area contributed by atoms with Crippen LogP contribution in [0.3, 0.4) is 0 Å². The van der Waals surface area contributed by atoms with Gasteiger partial charge in [0.1, 0.15) is 28.4 Å². The molecule has 1 N–H and O–H groups in total. The van der Waals surface area contributed by atoms with E-state index in [-0.39, 0.29) is 5.15 Å². The van der Waals surface area contributed by atoms with E-state index in [4.69, 9.17) is 28.5 Å². The van der Waals surface area contributed by atoms with E-state index in [2.05, 4.69) is 15.4 Å². The van der Waals surface area contributed by atoms with Crippen molar-refractivity contribution in [3.05, 3.63) is 57.6 Å². The lowest BCUT2D eigenvalue weighted by molar-refractivity contribution is 0.626. The summed E-state index contributed by atoms with van der Waals surface area (Å²) in [5.74, 6) is 0.130. The number of halogens is 3. The van der Waals surface area contributed by atoms with Crippen LogP contribution in [0, 0.1) is 17.1 Å². The molecule has 0 aliphatic heterocycles. The number of nitriles is 1. The van der Waals surface area contributed by atoms with Crippen molar-refractivity contribution in [2.24, 2.45) is 0 Å². The van der Waals surface area contributed by atoms with Gasteiger partial charge in [-0.3, -0.25) is 0 Å². The van der Waals surface area contributed by atoms with E-state index in [1.54, 1.807) is 12.1 Å². The van der Waals surface area contributed by atoms with Gasteiger partial charge >= 0.3 is 0 Å². The highest BCUT2D eigenvalue weighted by atomic mass is 35.5. The van der Waals surface area contributed by atoms with Crippen molar-refractivity contribution >= 4 is 34.7 Å². The minimum Gasteiger partial charge on any atom is -0.366 e. The minimum atomic E-state index is -0.409. The molecule has 0 unspecified atom stereocenters. The van der Waals surface area contributed by atoms with Gasteiger partial charge in [-0.05, 0) is 23.8 Å². The topological polar surface area (TPSA) is 66.0 Å². The average molecular weight is 336 g/mol. The van der Waals surface area contributed by atoms with Crippen LogP contribution < -0.4 is 5.32 Å². The van der Waals surface area contributed by atoms with Crippen LogP contribution in [0.15, 0.2) is 30.5 Å². The summed E-state index contributed by atoms with van der Waals surface area (Å²) in [5.41, 5.74) is 1.34. The van der Waals surface area contributed by atoms with Crippen LogP contribution in [0.5, 0.6) is 0 Å². The lowest BCUT2D eigenvalue weighted by atomic mass is 10.2. The third kappa shape index (κ3) is 2.82. The molecule has 5 nitrogen and oxygen atoms in total. The standard InChI is InChI=1S/C14H8Cl2FN5/c15-10-1-8(2-11(17)3-10)6-19-13-4-12(16)21-14-9(5-18)7-20-22(13)14/h1-4,7,19H,6H2. The van der Waals surface area contributed by atoms with Crippen molar-refractivity contribution in [1.29, 1.82) is 5.26 Å². The molecule has 0 atom stereocenters. The lowest BCUT2D eigenvalue weighted by Gasteiger charge is -2.09. The van der Waals surface area contributed by atoms with Crippen LogP contribution >= 0.6 is 23.2 Å². The van der Waals surface area contributed by atoms with E-state index >= 15 is 0 Å². The number of hydrogen-bond acceptors (Lipinski definition) is 4. The second-order valence-electron chi connectivity index (χ2n) is 4.50. The molecule has 110 valence electrons. The third-order valence-corrected chi connectivity index (χ3v) is 3.37. The Balaban J connectivity index is 1.94. The zero-order chi connectivity index (χ0) is 15.7. The summed E-state index contributed by atoms with van der Waals surface area (Å²) in [7, 11) is 0. The SMILES string of the molecule is N#Cc1cnn2c(NCc3cc(F)cc(Cl)c3)cc(Cl)nc12. The molecule has 1 aromatic carbocycles. The number of nitrogens with one attached hydrogen (secondary N) is 1. The van der Waals surface area contributed by atoms with Crippen molar-refractivity contribution in [3.63, 3.8) is 0 Å². The predicted molar refractivity (Wildman–Crippen MR) is 81.4 cm³/mol. The normalized spacial score (nSPS) is 10.6. The Morgan fingerprint density at radius 3 is 2.82 bits per heavy atom. The fourth-order valence-electron chi connectivity index (χ4n) is 2.04. The van der Waals surface area contributed by atoms with Gasteiger partial charge < -0.3 is 5.32 Å². The Kier molecular flexibility index (Phi) is 3.84. The molecule has 2 aromatic heterocycles. The maximum atomic E-state index is 13.3. The van der Waals surface area contributed by atoms with Crippen molar-refractivity contribution in [1.82, 2.24) is 14.6 Å². The summed E-state index contributed by atoms with van der Waals surface area (Å²) in [6.45, 7) is 0.314. The van der Waals surface area contributed by atoms with Gasteiger partial charge in [-0.25, -0.2) is 9.37 Å². The highest BCUT2D eigenvalue weighted by Gasteiger charge is 2.10. The molecule has 0 radical (unpaired) electrons. The first-order valence-corrected chi connectivity index (χ1v) is 6.95. The van der Waals surface area contributed by atoms with Gasteiger partial charge in [-0.2, -0.15) is 14.9 Å². The second kappa shape index (κ2) is 5.79. The molecular formula is C14H8Cl2FN5. The van der Waals surface area contributed by atoms with Crippen molar-refractivity contribution in [2.45, 2.75) is 6.54 Å². The van der Waals surface area contributed by atoms with Crippen LogP contribution in [0.1, 0.15) is 11.1 Å². The molecule has 0 aliphatic rings. The molecule has 2 heterocycles. The Labute approximate surface area is 134 Å². The minimum absolute atomic E-state index is 0.226. The quantitative estimate of drug-likeness (QED) is 0.742.